The summed E-state index contributed by atoms with van der Waals surface area (Å²) in [5.41, 5.74) is -0.330. The molecule has 1 saturated carbocycles. The largest absolute Gasteiger partial charge is 0.394 e. The van der Waals surface area contributed by atoms with E-state index in [0.717, 1.165) is 21.7 Å². The second-order valence-electron chi connectivity index (χ2n) is 10.5. The number of ether oxygens (including phenoxy) is 2. The summed E-state index contributed by atoms with van der Waals surface area (Å²) in [6.07, 6.45) is -3.63. The Morgan fingerprint density at radius 3 is 2.37 bits per heavy atom. The van der Waals surface area contributed by atoms with E-state index in [1.165, 1.54) is 19.4 Å². The summed E-state index contributed by atoms with van der Waals surface area (Å²) in [5.74, 6) is -7.79. The molecule has 15 heteroatoms. The van der Waals surface area contributed by atoms with Crippen molar-refractivity contribution < 1.29 is 51.5 Å². The molecule has 2 aromatic carbocycles. The Hall–Kier alpha value is -3.50. The third-order valence-corrected chi connectivity index (χ3v) is 7.92. The maximum atomic E-state index is 14.3. The van der Waals surface area contributed by atoms with Gasteiger partial charge < -0.3 is 29.7 Å². The number of aliphatic hydroxyl groups excluding tert-OH is 3. The highest BCUT2D eigenvalue weighted by atomic mass is 19.2. The summed E-state index contributed by atoms with van der Waals surface area (Å²) in [6.45, 7) is -0.759. The van der Waals surface area contributed by atoms with Crippen molar-refractivity contribution in [3.63, 3.8) is 0 Å². The van der Waals surface area contributed by atoms with Crippen molar-refractivity contribution in [2.45, 2.75) is 68.3 Å². The van der Waals surface area contributed by atoms with E-state index in [9.17, 15) is 42.1 Å². The number of amides is 1. The highest BCUT2D eigenvalue weighted by Gasteiger charge is 2.52. The molecular formula is C28H29F5N4O6. The molecule has 0 bridgehead atoms. The van der Waals surface area contributed by atoms with Crippen molar-refractivity contribution >= 4 is 11.6 Å². The Balaban J connectivity index is 1.54. The summed E-state index contributed by atoms with van der Waals surface area (Å²) in [6, 6.07) is 2.15. The summed E-state index contributed by atoms with van der Waals surface area (Å²) >= 11 is 0. The molecule has 1 aliphatic heterocycles. The fraction of sp³-hybridized carbons (Fsp3) is 0.464. The predicted molar refractivity (Wildman–Crippen MR) is 139 cm³/mol. The molecule has 1 aliphatic carbocycles. The molecule has 5 rings (SSSR count). The predicted octanol–water partition coefficient (Wildman–Crippen LogP) is 2.65. The monoisotopic (exact) mass is 612 g/mol. The lowest BCUT2D eigenvalue weighted by Crippen LogP contribution is -2.63. The normalized spacial score (nSPS) is 27.7. The first-order valence-corrected chi connectivity index (χ1v) is 13.6. The van der Waals surface area contributed by atoms with Crippen LogP contribution in [0.25, 0.3) is 11.3 Å². The first-order valence-electron chi connectivity index (χ1n) is 13.6. The quantitative estimate of drug-likeness (QED) is 0.275. The molecule has 3 N–H and O–H groups in total. The van der Waals surface area contributed by atoms with Crippen molar-refractivity contribution in [1.29, 1.82) is 0 Å². The van der Waals surface area contributed by atoms with Crippen LogP contribution in [0, 0.1) is 29.1 Å². The van der Waals surface area contributed by atoms with Gasteiger partial charge in [-0.1, -0.05) is 18.1 Å². The molecular weight excluding hydrogens is 583 g/mol. The van der Waals surface area contributed by atoms with Gasteiger partial charge in [0.1, 0.15) is 30.0 Å². The van der Waals surface area contributed by atoms with Crippen molar-refractivity contribution in [2.24, 2.45) is 0 Å². The zero-order valence-corrected chi connectivity index (χ0v) is 22.8. The zero-order valence-electron chi connectivity index (χ0n) is 22.8. The third kappa shape index (κ3) is 5.87. The molecule has 2 aliphatic rings. The SMILES string of the molecule is CO[C@@H]1[C@@H](n2cc(-c3cc(F)c(F)c(F)c3)nn2)[C@@H](O)[C@@H](CO)O[C@H]1C(=O)N(c1ccc(F)c(F)c1)[C@H]1CCCC[C@@H]1O. The van der Waals surface area contributed by atoms with Crippen molar-refractivity contribution in [1.82, 2.24) is 15.0 Å². The lowest BCUT2D eigenvalue weighted by Gasteiger charge is -2.46. The van der Waals surface area contributed by atoms with Crippen LogP contribution in [0.15, 0.2) is 36.5 Å². The summed E-state index contributed by atoms with van der Waals surface area (Å²) < 4.78 is 81.9. The average Bonchev–Trinajstić information content (AvgIpc) is 3.48. The van der Waals surface area contributed by atoms with Gasteiger partial charge in [0.25, 0.3) is 5.91 Å². The summed E-state index contributed by atoms with van der Waals surface area (Å²) in [7, 11) is 1.22. The second kappa shape index (κ2) is 12.6. The van der Waals surface area contributed by atoms with Gasteiger partial charge in [0.2, 0.25) is 0 Å². The summed E-state index contributed by atoms with van der Waals surface area (Å²) in [5, 5.41) is 39.8. The van der Waals surface area contributed by atoms with Crippen LogP contribution in [0.4, 0.5) is 27.6 Å². The number of carbonyl (C=O) groups excluding carboxylic acids is 1. The molecule has 2 fully saturated rings. The van der Waals surface area contributed by atoms with Crippen molar-refractivity contribution in [2.75, 3.05) is 18.6 Å². The number of carbonyl (C=O) groups is 1. The molecule has 7 atom stereocenters. The van der Waals surface area contributed by atoms with E-state index < -0.39 is 84.2 Å². The van der Waals surface area contributed by atoms with Crippen LogP contribution in [-0.2, 0) is 14.3 Å². The second-order valence-corrected chi connectivity index (χ2v) is 10.5. The van der Waals surface area contributed by atoms with Gasteiger partial charge in [-0.25, -0.2) is 26.6 Å². The van der Waals surface area contributed by atoms with E-state index >= 15 is 0 Å². The molecule has 0 spiro atoms. The number of benzene rings is 2. The molecule has 10 nitrogen and oxygen atoms in total. The number of anilines is 1. The lowest BCUT2D eigenvalue weighted by molar-refractivity contribution is -0.211. The molecule has 1 aromatic heterocycles. The van der Waals surface area contributed by atoms with Crippen LogP contribution in [0.5, 0.6) is 0 Å². The average molecular weight is 613 g/mol. The number of halogens is 5. The Morgan fingerprint density at radius 2 is 1.74 bits per heavy atom. The van der Waals surface area contributed by atoms with Crippen LogP contribution >= 0.6 is 0 Å². The Kier molecular flexibility index (Phi) is 9.08. The van der Waals surface area contributed by atoms with Gasteiger partial charge in [-0.15, -0.1) is 5.10 Å². The van der Waals surface area contributed by atoms with Gasteiger partial charge in [0, 0.05) is 24.4 Å². The molecule has 232 valence electrons. The molecule has 43 heavy (non-hydrogen) atoms. The van der Waals surface area contributed by atoms with E-state index in [1.807, 2.05) is 0 Å². The van der Waals surface area contributed by atoms with Gasteiger partial charge in [-0.3, -0.25) is 4.79 Å². The number of hydrogen-bond donors (Lipinski definition) is 3. The van der Waals surface area contributed by atoms with Crippen molar-refractivity contribution in [3.8, 4) is 11.3 Å². The minimum absolute atomic E-state index is 0.0556. The molecule has 1 saturated heterocycles. The molecule has 0 unspecified atom stereocenters. The number of aromatic nitrogens is 3. The van der Waals surface area contributed by atoms with E-state index in [-0.39, 0.29) is 16.9 Å². The highest BCUT2D eigenvalue weighted by molar-refractivity contribution is 5.98. The van der Waals surface area contributed by atoms with Gasteiger partial charge in [0.15, 0.2) is 35.2 Å². The third-order valence-electron chi connectivity index (χ3n) is 7.92. The maximum absolute atomic E-state index is 14.3. The maximum Gasteiger partial charge on any atom is 0.259 e. The van der Waals surface area contributed by atoms with Crippen LogP contribution in [-0.4, -0.2) is 86.5 Å². The number of nitrogens with zero attached hydrogens (tertiary/aromatic N) is 4. The van der Waals surface area contributed by atoms with Crippen LogP contribution < -0.4 is 4.90 Å². The number of hydrogen-bond acceptors (Lipinski definition) is 8. The molecule has 1 amide bonds. The Morgan fingerprint density at radius 1 is 1.05 bits per heavy atom. The fourth-order valence-corrected chi connectivity index (χ4v) is 5.76. The zero-order chi connectivity index (χ0) is 31.0. The van der Waals surface area contributed by atoms with E-state index in [2.05, 4.69) is 10.3 Å². The first kappa shape index (κ1) is 30.9. The first-order chi connectivity index (χ1) is 20.5. The Labute approximate surface area is 242 Å². The standard InChI is InChI=1S/C28H29F5N4O6/c1-42-26-24(36-11-19(34-35-36)13-8-17(31)23(33)18(32)9-13)25(40)22(12-38)43-27(26)28(41)37(20-4-2-3-5-21(20)39)14-6-7-15(29)16(30)10-14/h6-11,20-22,24-27,38-40H,2-5,12H2,1H3/t20-,21-,22+,24-,25-,26+,27+/m0/s1. The molecule has 2 heterocycles. The van der Waals surface area contributed by atoms with Gasteiger partial charge in [-0.2, -0.15) is 0 Å². The fourth-order valence-electron chi connectivity index (χ4n) is 5.76. The number of rotatable bonds is 7. The van der Waals surface area contributed by atoms with Crippen LogP contribution in [0.3, 0.4) is 0 Å². The van der Waals surface area contributed by atoms with Gasteiger partial charge in [-0.05, 0) is 37.1 Å². The van der Waals surface area contributed by atoms with E-state index in [0.29, 0.717) is 37.8 Å². The number of aliphatic hydroxyl groups is 3. The van der Waals surface area contributed by atoms with Gasteiger partial charge >= 0.3 is 0 Å². The smallest absolute Gasteiger partial charge is 0.259 e. The minimum atomic E-state index is -1.67. The van der Waals surface area contributed by atoms with E-state index in [1.54, 1.807) is 0 Å². The lowest BCUT2D eigenvalue weighted by atomic mass is 9.88. The highest BCUT2D eigenvalue weighted by Crippen LogP contribution is 2.36. The van der Waals surface area contributed by atoms with Crippen LogP contribution in [0.1, 0.15) is 31.7 Å². The minimum Gasteiger partial charge on any atom is -0.394 e. The topological polar surface area (TPSA) is 130 Å². The molecule has 0 radical (unpaired) electrons. The number of methoxy groups -OCH3 is 1. The Bertz CT molecular complexity index is 1450. The summed E-state index contributed by atoms with van der Waals surface area (Å²) in [4.78, 5) is 15.4. The van der Waals surface area contributed by atoms with Crippen LogP contribution in [0.2, 0.25) is 0 Å². The van der Waals surface area contributed by atoms with Crippen molar-refractivity contribution in [3.05, 3.63) is 65.6 Å². The molecule has 3 aromatic rings. The van der Waals surface area contributed by atoms with E-state index in [4.69, 9.17) is 9.47 Å². The van der Waals surface area contributed by atoms with Gasteiger partial charge in [0.05, 0.1) is 24.9 Å².